The molecule has 1 aliphatic rings. The van der Waals surface area contributed by atoms with Crippen molar-refractivity contribution in [2.45, 2.75) is 18.2 Å². The Labute approximate surface area is 155 Å². The van der Waals surface area contributed by atoms with Crippen LogP contribution in [0.4, 0.5) is 5.69 Å². The van der Waals surface area contributed by atoms with Gasteiger partial charge in [0.25, 0.3) is 0 Å². The number of aliphatic carboxylic acids is 1. The summed E-state index contributed by atoms with van der Waals surface area (Å²) in [5.74, 6) is -0.498. The third-order valence-electron chi connectivity index (χ3n) is 3.86. The molecule has 1 heterocycles. The van der Waals surface area contributed by atoms with Crippen molar-refractivity contribution in [3.63, 3.8) is 0 Å². The quantitative estimate of drug-likeness (QED) is 0.844. The lowest BCUT2D eigenvalue weighted by Gasteiger charge is -2.16. The molecule has 0 unspecified atom stereocenters. The van der Waals surface area contributed by atoms with Crippen LogP contribution in [0.25, 0.3) is 0 Å². The summed E-state index contributed by atoms with van der Waals surface area (Å²) in [5.41, 5.74) is 1.63. The maximum atomic E-state index is 12.7. The molecule has 134 valence electrons. The maximum Gasteiger partial charge on any atom is 0.305 e. The van der Waals surface area contributed by atoms with Crippen molar-refractivity contribution in [2.75, 3.05) is 7.11 Å². The summed E-state index contributed by atoms with van der Waals surface area (Å²) in [6.07, 6.45) is -0.226. The fourth-order valence-electron chi connectivity index (χ4n) is 2.56. The number of aliphatic imine (C=N–C) groups is 1. The second-order valence-electron chi connectivity index (χ2n) is 5.71. The fraction of sp³-hybridized carbons (Fsp3) is 0.211. The number of carbonyl (C=O) groups is 2. The van der Waals surface area contributed by atoms with Gasteiger partial charge in [-0.15, -0.1) is 0 Å². The van der Waals surface area contributed by atoms with E-state index in [1.54, 1.807) is 12.0 Å². The summed E-state index contributed by atoms with van der Waals surface area (Å²) in [7, 11) is 1.59. The molecule has 0 spiro atoms. The number of thioether (sulfide) groups is 1. The summed E-state index contributed by atoms with van der Waals surface area (Å²) >= 11 is 1.20. The number of carbonyl (C=O) groups excluding carboxylic acids is 1. The Bertz CT molecular complexity index is 821. The lowest BCUT2D eigenvalue weighted by molar-refractivity contribution is -0.139. The van der Waals surface area contributed by atoms with Crippen LogP contribution in [0, 0.1) is 0 Å². The van der Waals surface area contributed by atoms with Crippen LogP contribution in [0.5, 0.6) is 5.75 Å². The highest BCUT2D eigenvalue weighted by atomic mass is 32.2. The van der Waals surface area contributed by atoms with E-state index < -0.39 is 11.2 Å². The monoisotopic (exact) mass is 370 g/mol. The van der Waals surface area contributed by atoms with Crippen LogP contribution in [-0.4, -0.2) is 39.4 Å². The van der Waals surface area contributed by atoms with E-state index in [0.717, 1.165) is 17.0 Å². The van der Waals surface area contributed by atoms with E-state index in [-0.39, 0.29) is 12.3 Å². The van der Waals surface area contributed by atoms with Crippen LogP contribution in [-0.2, 0) is 16.1 Å². The van der Waals surface area contributed by atoms with E-state index in [9.17, 15) is 9.59 Å². The first-order valence-corrected chi connectivity index (χ1v) is 8.91. The van der Waals surface area contributed by atoms with Gasteiger partial charge >= 0.3 is 5.97 Å². The molecule has 0 aromatic heterocycles. The first-order valence-electron chi connectivity index (χ1n) is 8.03. The molecule has 2 aromatic carbocycles. The molecule has 1 amide bonds. The van der Waals surface area contributed by atoms with Crippen molar-refractivity contribution in [3.8, 4) is 5.75 Å². The maximum absolute atomic E-state index is 12.7. The molecule has 1 fully saturated rings. The first kappa shape index (κ1) is 18.0. The predicted octanol–water partition coefficient (Wildman–Crippen LogP) is 3.30. The van der Waals surface area contributed by atoms with Gasteiger partial charge in [-0.3, -0.25) is 14.5 Å². The molecule has 7 heteroatoms. The molecule has 2 aromatic rings. The van der Waals surface area contributed by atoms with Gasteiger partial charge in [-0.2, -0.15) is 0 Å². The largest absolute Gasteiger partial charge is 0.497 e. The first-order chi connectivity index (χ1) is 12.6. The smallest absolute Gasteiger partial charge is 0.305 e. The van der Waals surface area contributed by atoms with Crippen molar-refractivity contribution < 1.29 is 19.4 Å². The normalized spacial score (nSPS) is 18.3. The molecular formula is C19H18N2O4S. The van der Waals surface area contributed by atoms with Crippen LogP contribution in [0.2, 0.25) is 0 Å². The molecule has 0 aliphatic carbocycles. The Morgan fingerprint density at radius 3 is 2.50 bits per heavy atom. The van der Waals surface area contributed by atoms with E-state index in [0.29, 0.717) is 11.7 Å². The Kier molecular flexibility index (Phi) is 5.58. The molecule has 6 nitrogen and oxygen atoms in total. The van der Waals surface area contributed by atoms with Crippen molar-refractivity contribution in [2.24, 2.45) is 4.99 Å². The number of rotatable bonds is 6. The van der Waals surface area contributed by atoms with Crippen molar-refractivity contribution >= 4 is 34.5 Å². The molecule has 26 heavy (non-hydrogen) atoms. The number of hydrogen-bond donors (Lipinski definition) is 1. The molecule has 3 rings (SSSR count). The summed E-state index contributed by atoms with van der Waals surface area (Å²) < 4.78 is 5.15. The van der Waals surface area contributed by atoms with Crippen LogP contribution in [0.3, 0.4) is 0 Å². The molecule has 0 bridgehead atoms. The van der Waals surface area contributed by atoms with Crippen LogP contribution in [0.15, 0.2) is 59.6 Å². The minimum atomic E-state index is -0.999. The van der Waals surface area contributed by atoms with Crippen molar-refractivity contribution in [1.29, 1.82) is 0 Å². The van der Waals surface area contributed by atoms with E-state index in [2.05, 4.69) is 4.99 Å². The Balaban J connectivity index is 1.87. The van der Waals surface area contributed by atoms with Crippen LogP contribution < -0.4 is 4.74 Å². The lowest BCUT2D eigenvalue weighted by Crippen LogP contribution is -2.32. The average molecular weight is 370 g/mol. The van der Waals surface area contributed by atoms with Gasteiger partial charge in [0.1, 0.15) is 11.0 Å². The zero-order valence-corrected chi connectivity index (χ0v) is 15.0. The van der Waals surface area contributed by atoms with Crippen molar-refractivity contribution in [1.82, 2.24) is 4.90 Å². The van der Waals surface area contributed by atoms with Gasteiger partial charge in [0.05, 0.1) is 25.8 Å². The highest BCUT2D eigenvalue weighted by molar-refractivity contribution is 8.15. The molecule has 1 saturated heterocycles. The van der Waals surface area contributed by atoms with E-state index in [1.165, 1.54) is 11.8 Å². The fourth-order valence-corrected chi connectivity index (χ4v) is 3.70. The topological polar surface area (TPSA) is 79.2 Å². The highest BCUT2D eigenvalue weighted by Gasteiger charge is 2.39. The second kappa shape index (κ2) is 8.05. The van der Waals surface area contributed by atoms with Gasteiger partial charge in [-0.25, -0.2) is 4.99 Å². The minimum absolute atomic E-state index is 0.226. The summed E-state index contributed by atoms with van der Waals surface area (Å²) in [6, 6.07) is 16.7. The van der Waals surface area contributed by atoms with Gasteiger partial charge < -0.3 is 9.84 Å². The number of benzene rings is 2. The molecular weight excluding hydrogens is 352 g/mol. The van der Waals surface area contributed by atoms with Crippen LogP contribution in [0.1, 0.15) is 12.0 Å². The van der Waals surface area contributed by atoms with Gasteiger partial charge in [0, 0.05) is 0 Å². The summed E-state index contributed by atoms with van der Waals surface area (Å²) in [4.78, 5) is 29.9. The van der Waals surface area contributed by atoms with Crippen LogP contribution >= 0.6 is 11.8 Å². The van der Waals surface area contributed by atoms with Gasteiger partial charge in [0.15, 0.2) is 5.17 Å². The Morgan fingerprint density at radius 2 is 1.88 bits per heavy atom. The number of carboxylic acids is 1. The van der Waals surface area contributed by atoms with Gasteiger partial charge in [-0.1, -0.05) is 42.1 Å². The minimum Gasteiger partial charge on any atom is -0.497 e. The number of nitrogens with zero attached hydrogens (tertiary/aromatic N) is 2. The summed E-state index contributed by atoms with van der Waals surface area (Å²) in [5, 5.41) is 8.92. The van der Waals surface area contributed by atoms with Gasteiger partial charge in [0.2, 0.25) is 5.91 Å². The van der Waals surface area contributed by atoms with Crippen molar-refractivity contribution in [3.05, 3.63) is 60.2 Å². The molecule has 0 saturated carbocycles. The van der Waals surface area contributed by atoms with E-state index in [4.69, 9.17) is 9.84 Å². The number of carboxylic acid groups (broad SMARTS) is 1. The second-order valence-corrected chi connectivity index (χ2v) is 6.88. The number of amidine groups is 1. The number of hydrogen-bond acceptors (Lipinski definition) is 5. The predicted molar refractivity (Wildman–Crippen MR) is 101 cm³/mol. The third kappa shape index (κ3) is 4.23. The highest BCUT2D eigenvalue weighted by Crippen LogP contribution is 2.32. The Hall–Kier alpha value is -2.80. The molecule has 1 aliphatic heterocycles. The summed E-state index contributed by atoms with van der Waals surface area (Å²) in [6.45, 7) is 0.331. The third-order valence-corrected chi connectivity index (χ3v) is 5.04. The van der Waals surface area contributed by atoms with E-state index >= 15 is 0 Å². The lowest BCUT2D eigenvalue weighted by atomic mass is 10.2. The Morgan fingerprint density at radius 1 is 1.19 bits per heavy atom. The number of amides is 1. The number of para-hydroxylation sites is 1. The number of methoxy groups -OCH3 is 1. The molecule has 1 N–H and O–H groups in total. The van der Waals surface area contributed by atoms with Gasteiger partial charge in [-0.05, 0) is 29.8 Å². The zero-order valence-electron chi connectivity index (χ0n) is 14.2. The number of ether oxygens (including phenoxy) is 1. The molecule has 1 atom stereocenters. The standard InChI is InChI=1S/C19H18N2O4S/c1-25-15-9-7-13(8-10-15)12-21-18(24)16(11-17(22)23)26-19(21)20-14-5-3-2-4-6-14/h2-10,16H,11-12H2,1H3,(H,22,23)/t16-/m0/s1. The van der Waals surface area contributed by atoms with E-state index in [1.807, 2.05) is 54.6 Å². The zero-order chi connectivity index (χ0) is 18.5. The average Bonchev–Trinajstić information content (AvgIpc) is 2.91. The SMILES string of the molecule is COc1ccc(CN2C(=O)[C@H](CC(=O)O)SC2=Nc2ccccc2)cc1. The molecule has 0 radical (unpaired) electrons.